The maximum Gasteiger partial charge on any atom is 0.188 e. The molecule has 3 nitrogen and oxygen atoms in total. The van der Waals surface area contributed by atoms with Gasteiger partial charge in [0.1, 0.15) is 0 Å². The Kier molecular flexibility index (Phi) is 9.50. The minimum absolute atomic E-state index is 0. The second kappa shape index (κ2) is 9.64. The normalized spacial score (nSPS) is 24.2. The van der Waals surface area contributed by atoms with E-state index >= 15 is 0 Å². The Morgan fingerprint density at radius 3 is 2.78 bits per heavy atom. The predicted molar refractivity (Wildman–Crippen MR) is 90.5 cm³/mol. The minimum atomic E-state index is 0. The number of aliphatic imine (C=N–C) groups is 1. The molecular weight excluding hydrogens is 337 g/mol. The quantitative estimate of drug-likeness (QED) is 0.340. The van der Waals surface area contributed by atoms with E-state index in [1.165, 1.54) is 32.1 Å². The van der Waals surface area contributed by atoms with Crippen molar-refractivity contribution >= 4 is 29.9 Å². The topological polar surface area (TPSA) is 50.4 Å². The van der Waals surface area contributed by atoms with Crippen molar-refractivity contribution in [2.75, 3.05) is 13.1 Å². The third-order valence-electron chi connectivity index (χ3n) is 3.42. The van der Waals surface area contributed by atoms with Crippen molar-refractivity contribution in [3.05, 3.63) is 12.2 Å². The van der Waals surface area contributed by atoms with Gasteiger partial charge in [0, 0.05) is 6.54 Å². The van der Waals surface area contributed by atoms with Crippen LogP contribution in [0.5, 0.6) is 0 Å². The van der Waals surface area contributed by atoms with Crippen molar-refractivity contribution in [2.24, 2.45) is 22.6 Å². The zero-order valence-electron chi connectivity index (χ0n) is 11.7. The Bertz CT molecular complexity index is 276. The van der Waals surface area contributed by atoms with E-state index in [2.05, 4.69) is 23.8 Å². The third kappa shape index (κ3) is 7.95. The molecule has 1 rings (SSSR count). The first-order chi connectivity index (χ1) is 8.08. The predicted octanol–water partition coefficient (Wildman–Crippen LogP) is 3.30. The van der Waals surface area contributed by atoms with Crippen LogP contribution in [0.2, 0.25) is 0 Å². The van der Waals surface area contributed by atoms with Crippen molar-refractivity contribution in [1.29, 1.82) is 0 Å². The highest BCUT2D eigenvalue weighted by atomic mass is 127. The van der Waals surface area contributed by atoms with E-state index < -0.39 is 0 Å². The summed E-state index contributed by atoms with van der Waals surface area (Å²) in [7, 11) is 0. The molecule has 2 unspecified atom stereocenters. The van der Waals surface area contributed by atoms with Crippen LogP contribution in [0, 0.1) is 11.8 Å². The molecule has 1 aliphatic rings. The first kappa shape index (κ1) is 17.7. The highest BCUT2D eigenvalue weighted by Gasteiger charge is 2.18. The van der Waals surface area contributed by atoms with Gasteiger partial charge in [-0.05, 0) is 31.6 Å². The molecule has 0 spiro atoms. The van der Waals surface area contributed by atoms with E-state index in [9.17, 15) is 0 Å². The smallest absolute Gasteiger partial charge is 0.188 e. The molecule has 0 heterocycles. The Hall–Kier alpha value is -0.260. The van der Waals surface area contributed by atoms with Crippen LogP contribution in [0.4, 0.5) is 0 Å². The van der Waals surface area contributed by atoms with Crippen LogP contribution < -0.4 is 11.1 Å². The summed E-state index contributed by atoms with van der Waals surface area (Å²) in [4.78, 5) is 4.21. The maximum absolute atomic E-state index is 5.76. The number of halogens is 1. The highest BCUT2D eigenvalue weighted by molar-refractivity contribution is 14.0. The van der Waals surface area contributed by atoms with Gasteiger partial charge in [-0.3, -0.25) is 0 Å². The number of hydrogen-bond acceptors (Lipinski definition) is 1. The van der Waals surface area contributed by atoms with E-state index in [-0.39, 0.29) is 24.0 Å². The van der Waals surface area contributed by atoms with Gasteiger partial charge in [0.05, 0.1) is 6.54 Å². The zero-order chi connectivity index (χ0) is 12.7. The summed E-state index contributed by atoms with van der Waals surface area (Å²) in [5, 5.41) is 3.19. The molecule has 0 amide bonds. The van der Waals surface area contributed by atoms with E-state index in [1.807, 2.05) is 6.92 Å². The zero-order valence-corrected chi connectivity index (χ0v) is 14.1. The molecule has 0 aromatic heterocycles. The lowest BCUT2D eigenvalue weighted by Crippen LogP contribution is -2.33. The highest BCUT2D eigenvalue weighted by Crippen LogP contribution is 2.30. The first-order valence-electron chi connectivity index (χ1n) is 6.76. The van der Waals surface area contributed by atoms with Gasteiger partial charge in [-0.2, -0.15) is 0 Å². The number of nitrogens with one attached hydrogen (secondary N) is 1. The summed E-state index contributed by atoms with van der Waals surface area (Å²) in [6, 6.07) is 0. The fourth-order valence-electron chi connectivity index (χ4n) is 2.50. The molecule has 0 aromatic carbocycles. The van der Waals surface area contributed by atoms with E-state index in [1.54, 1.807) is 0 Å². The second-order valence-electron chi connectivity index (χ2n) is 5.51. The Morgan fingerprint density at radius 1 is 1.44 bits per heavy atom. The van der Waals surface area contributed by atoms with Gasteiger partial charge >= 0.3 is 0 Å². The number of rotatable bonds is 5. The SMILES string of the molecule is C=C(C)CN=C(N)NCCC1CCCC(C)C1.I. The Morgan fingerprint density at radius 2 is 2.17 bits per heavy atom. The molecule has 1 saturated carbocycles. The van der Waals surface area contributed by atoms with Gasteiger partial charge < -0.3 is 11.1 Å². The average Bonchev–Trinajstić information content (AvgIpc) is 2.26. The van der Waals surface area contributed by atoms with Crippen LogP contribution in [0.25, 0.3) is 0 Å². The van der Waals surface area contributed by atoms with Crippen molar-refractivity contribution in [1.82, 2.24) is 5.32 Å². The van der Waals surface area contributed by atoms with Crippen LogP contribution in [0.3, 0.4) is 0 Å². The first-order valence-corrected chi connectivity index (χ1v) is 6.76. The van der Waals surface area contributed by atoms with Crippen molar-refractivity contribution in [2.45, 2.75) is 46.0 Å². The van der Waals surface area contributed by atoms with Crippen LogP contribution >= 0.6 is 24.0 Å². The van der Waals surface area contributed by atoms with Gasteiger partial charge in [0.25, 0.3) is 0 Å². The Labute approximate surface area is 129 Å². The lowest BCUT2D eigenvalue weighted by Gasteiger charge is -2.26. The minimum Gasteiger partial charge on any atom is -0.370 e. The van der Waals surface area contributed by atoms with Crippen LogP contribution in [-0.2, 0) is 0 Å². The molecule has 106 valence electrons. The van der Waals surface area contributed by atoms with Crippen molar-refractivity contribution in [3.63, 3.8) is 0 Å². The van der Waals surface area contributed by atoms with Crippen LogP contribution in [-0.4, -0.2) is 19.0 Å². The van der Waals surface area contributed by atoms with Crippen LogP contribution in [0.1, 0.15) is 46.0 Å². The second-order valence-corrected chi connectivity index (χ2v) is 5.51. The van der Waals surface area contributed by atoms with E-state index in [0.29, 0.717) is 12.5 Å². The number of nitrogens with zero attached hydrogens (tertiary/aromatic N) is 1. The lowest BCUT2D eigenvalue weighted by molar-refractivity contribution is 0.270. The number of hydrogen-bond donors (Lipinski definition) is 2. The van der Waals surface area contributed by atoms with Gasteiger partial charge in [-0.25, -0.2) is 4.99 Å². The monoisotopic (exact) mass is 365 g/mol. The number of guanidine groups is 1. The maximum atomic E-state index is 5.76. The summed E-state index contributed by atoms with van der Waals surface area (Å²) in [5.41, 5.74) is 6.80. The molecule has 4 heteroatoms. The summed E-state index contributed by atoms with van der Waals surface area (Å²) in [6.45, 7) is 9.69. The van der Waals surface area contributed by atoms with Crippen molar-refractivity contribution in [3.8, 4) is 0 Å². The summed E-state index contributed by atoms with van der Waals surface area (Å²) in [6.07, 6.45) is 6.78. The average molecular weight is 365 g/mol. The fraction of sp³-hybridized carbons (Fsp3) is 0.786. The molecule has 0 aromatic rings. The molecule has 0 bridgehead atoms. The molecular formula is C14H28IN3. The molecule has 18 heavy (non-hydrogen) atoms. The summed E-state index contributed by atoms with van der Waals surface area (Å²) >= 11 is 0. The molecule has 3 N–H and O–H groups in total. The molecule has 1 fully saturated rings. The number of nitrogens with two attached hydrogens (primary N) is 1. The molecule has 0 radical (unpaired) electrons. The molecule has 0 aliphatic heterocycles. The summed E-state index contributed by atoms with van der Waals surface area (Å²) in [5.74, 6) is 2.33. The molecule has 0 saturated heterocycles. The standard InChI is InChI=1S/C14H27N3.HI/c1-11(2)10-17-14(15)16-8-7-13-6-4-5-12(3)9-13;/h12-13H,1,4-10H2,2-3H3,(H3,15,16,17);1H. The van der Waals surface area contributed by atoms with E-state index in [0.717, 1.165) is 24.0 Å². The van der Waals surface area contributed by atoms with Gasteiger partial charge in [-0.1, -0.05) is 38.3 Å². The Balaban J connectivity index is 0.00000289. The van der Waals surface area contributed by atoms with Gasteiger partial charge in [-0.15, -0.1) is 24.0 Å². The molecule has 1 aliphatic carbocycles. The summed E-state index contributed by atoms with van der Waals surface area (Å²) < 4.78 is 0. The van der Waals surface area contributed by atoms with Crippen molar-refractivity contribution < 1.29 is 0 Å². The molecule has 2 atom stereocenters. The van der Waals surface area contributed by atoms with Gasteiger partial charge in [0.15, 0.2) is 5.96 Å². The lowest BCUT2D eigenvalue weighted by atomic mass is 9.81. The van der Waals surface area contributed by atoms with Gasteiger partial charge in [0.2, 0.25) is 0 Å². The largest absolute Gasteiger partial charge is 0.370 e. The van der Waals surface area contributed by atoms with Crippen LogP contribution in [0.15, 0.2) is 17.1 Å². The van der Waals surface area contributed by atoms with E-state index in [4.69, 9.17) is 5.73 Å². The third-order valence-corrected chi connectivity index (χ3v) is 3.42. The fourth-order valence-corrected chi connectivity index (χ4v) is 2.50.